The van der Waals surface area contributed by atoms with Crippen LogP contribution in [0.25, 0.3) is 0 Å². The van der Waals surface area contributed by atoms with E-state index in [1.807, 2.05) is 0 Å². The molecule has 1 unspecified atom stereocenters. The molecule has 0 saturated heterocycles. The molecule has 0 spiro atoms. The number of halogens is 1. The van der Waals surface area contributed by atoms with Crippen LogP contribution in [0.1, 0.15) is 29.6 Å². The van der Waals surface area contributed by atoms with Gasteiger partial charge in [0.2, 0.25) is 0 Å². The fourth-order valence-electron chi connectivity index (χ4n) is 3.31. The third kappa shape index (κ3) is 2.84. The van der Waals surface area contributed by atoms with E-state index in [4.69, 9.17) is 9.47 Å². The van der Waals surface area contributed by atoms with Gasteiger partial charge < -0.3 is 9.47 Å². The number of carbonyl (C=O) groups excluding carboxylic acids is 3. The lowest BCUT2D eigenvalue weighted by molar-refractivity contribution is -0.168. The van der Waals surface area contributed by atoms with Crippen LogP contribution < -0.4 is 0 Å². The van der Waals surface area contributed by atoms with Crippen LogP contribution in [0.2, 0.25) is 0 Å². The Morgan fingerprint density at radius 2 is 1.71 bits per heavy atom. The summed E-state index contributed by atoms with van der Waals surface area (Å²) in [5.41, 5.74) is -0.963. The number of ether oxygens (including phenoxy) is 2. The van der Waals surface area contributed by atoms with E-state index in [0.717, 1.165) is 0 Å². The highest BCUT2D eigenvalue weighted by molar-refractivity contribution is 6.05. The van der Waals surface area contributed by atoms with Gasteiger partial charge in [0, 0.05) is 12.0 Å². The van der Waals surface area contributed by atoms with Crippen LogP contribution in [0.5, 0.6) is 0 Å². The number of Topliss-reactive ketones (excluding diaryl/α,β-unsaturated/α-hetero) is 1. The summed E-state index contributed by atoms with van der Waals surface area (Å²) in [7, 11) is 2.36. The number of rotatable bonds is 5. The first-order valence-corrected chi connectivity index (χ1v) is 7.51. The van der Waals surface area contributed by atoms with Gasteiger partial charge in [-0.1, -0.05) is 6.58 Å². The molecule has 1 aromatic rings. The van der Waals surface area contributed by atoms with Gasteiger partial charge in [0.05, 0.1) is 14.2 Å². The minimum atomic E-state index is -1.67. The van der Waals surface area contributed by atoms with Gasteiger partial charge in [-0.15, -0.1) is 0 Å². The zero-order chi connectivity index (χ0) is 17.9. The Morgan fingerprint density at radius 1 is 1.17 bits per heavy atom. The van der Waals surface area contributed by atoms with Gasteiger partial charge in [-0.25, -0.2) is 4.39 Å². The molecule has 1 fully saturated rings. The van der Waals surface area contributed by atoms with E-state index in [1.165, 1.54) is 38.5 Å². The van der Waals surface area contributed by atoms with Crippen molar-refractivity contribution in [2.75, 3.05) is 14.2 Å². The maximum Gasteiger partial charge on any atom is 0.327 e. The average molecular weight is 334 g/mol. The zero-order valence-corrected chi connectivity index (χ0v) is 13.6. The van der Waals surface area contributed by atoms with Gasteiger partial charge in [0.25, 0.3) is 0 Å². The second-order valence-corrected chi connectivity index (χ2v) is 5.76. The fourth-order valence-corrected chi connectivity index (χ4v) is 3.31. The molecule has 1 atom stereocenters. The average Bonchev–Trinajstić information content (AvgIpc) is 2.91. The maximum atomic E-state index is 13.0. The first kappa shape index (κ1) is 17.8. The maximum absolute atomic E-state index is 13.0. The molecule has 1 aliphatic carbocycles. The first-order chi connectivity index (χ1) is 11.4. The molecule has 0 radical (unpaired) electrons. The van der Waals surface area contributed by atoms with Crippen LogP contribution >= 0.6 is 0 Å². The number of benzene rings is 1. The van der Waals surface area contributed by atoms with E-state index < -0.39 is 29.1 Å². The molecule has 5 nitrogen and oxygen atoms in total. The molecule has 1 aliphatic rings. The minimum absolute atomic E-state index is 0.0607. The fraction of sp³-hybridized carbons (Fsp3) is 0.389. The lowest BCUT2D eigenvalue weighted by Gasteiger charge is -2.30. The Hall–Kier alpha value is -2.50. The van der Waals surface area contributed by atoms with Crippen LogP contribution in [-0.2, 0) is 19.1 Å². The molecule has 0 aliphatic heterocycles. The number of methoxy groups -OCH3 is 2. The van der Waals surface area contributed by atoms with Crippen LogP contribution in [0.4, 0.5) is 4.39 Å². The summed E-state index contributed by atoms with van der Waals surface area (Å²) in [5, 5.41) is 0. The topological polar surface area (TPSA) is 69.7 Å². The molecule has 6 heteroatoms. The molecule has 24 heavy (non-hydrogen) atoms. The molecule has 1 aromatic carbocycles. The predicted octanol–water partition coefficient (Wildman–Crippen LogP) is 2.70. The molecule has 0 heterocycles. The van der Waals surface area contributed by atoms with Gasteiger partial charge in [-0.3, -0.25) is 14.4 Å². The number of ketones is 1. The molecule has 0 amide bonds. The third-order valence-electron chi connectivity index (χ3n) is 4.58. The quantitative estimate of drug-likeness (QED) is 0.358. The molecular weight excluding hydrogens is 315 g/mol. The normalized spacial score (nSPS) is 19.0. The number of esters is 2. The first-order valence-electron chi connectivity index (χ1n) is 7.51. The summed E-state index contributed by atoms with van der Waals surface area (Å²) < 4.78 is 22.6. The van der Waals surface area contributed by atoms with Gasteiger partial charge in [0.1, 0.15) is 5.82 Å². The molecule has 128 valence electrons. The molecule has 0 N–H and O–H groups in total. The van der Waals surface area contributed by atoms with Crippen molar-refractivity contribution in [1.82, 2.24) is 0 Å². The van der Waals surface area contributed by atoms with Crippen molar-refractivity contribution in [1.29, 1.82) is 0 Å². The summed E-state index contributed by atoms with van der Waals surface area (Å²) in [6.07, 6.45) is 0.802. The molecule has 0 aromatic heterocycles. The number of carbonyl (C=O) groups is 3. The van der Waals surface area contributed by atoms with E-state index in [0.29, 0.717) is 24.0 Å². The van der Waals surface area contributed by atoms with E-state index in [1.54, 1.807) is 0 Å². The van der Waals surface area contributed by atoms with Crippen molar-refractivity contribution >= 4 is 17.7 Å². The lowest BCUT2D eigenvalue weighted by Crippen LogP contribution is -2.45. The lowest BCUT2D eigenvalue weighted by atomic mass is 9.73. The third-order valence-corrected chi connectivity index (χ3v) is 4.58. The van der Waals surface area contributed by atoms with E-state index in [9.17, 15) is 18.8 Å². The smallest absolute Gasteiger partial charge is 0.327 e. The van der Waals surface area contributed by atoms with Crippen molar-refractivity contribution in [3.63, 3.8) is 0 Å². The van der Waals surface area contributed by atoms with Crippen molar-refractivity contribution in [2.45, 2.75) is 19.3 Å². The summed E-state index contributed by atoms with van der Waals surface area (Å²) >= 11 is 0. The highest BCUT2D eigenvalue weighted by atomic mass is 19.1. The van der Waals surface area contributed by atoms with E-state index in [-0.39, 0.29) is 12.2 Å². The predicted molar refractivity (Wildman–Crippen MR) is 83.7 cm³/mol. The van der Waals surface area contributed by atoms with Gasteiger partial charge in [-0.05, 0) is 48.6 Å². The monoisotopic (exact) mass is 334 g/mol. The van der Waals surface area contributed by atoms with Crippen LogP contribution in [0, 0.1) is 17.2 Å². The van der Waals surface area contributed by atoms with Gasteiger partial charge >= 0.3 is 11.9 Å². The summed E-state index contributed by atoms with van der Waals surface area (Å²) in [6.45, 7) is 3.83. The molecular formula is C18H19FO5. The Kier molecular flexibility index (Phi) is 5.17. The molecule has 0 bridgehead atoms. The summed E-state index contributed by atoms with van der Waals surface area (Å²) in [6, 6.07) is 5.13. The van der Waals surface area contributed by atoms with Gasteiger partial charge in [-0.2, -0.15) is 0 Å². The standard InChI is InChI=1S/C18H19FO5/c1-11-4-7-13(18(11,16(21)23-2)17(22)24-3)10-15(20)12-5-8-14(19)9-6-12/h5-6,8-9,13H,1,4,7,10H2,2-3H3. The number of hydrogen-bond acceptors (Lipinski definition) is 5. The Morgan fingerprint density at radius 3 is 2.21 bits per heavy atom. The van der Waals surface area contributed by atoms with Crippen molar-refractivity contribution in [2.24, 2.45) is 11.3 Å². The Bertz CT molecular complexity index is 661. The van der Waals surface area contributed by atoms with E-state index in [2.05, 4.69) is 6.58 Å². The van der Waals surface area contributed by atoms with Crippen LogP contribution in [0.3, 0.4) is 0 Å². The van der Waals surface area contributed by atoms with Gasteiger partial charge in [0.15, 0.2) is 11.2 Å². The highest BCUT2D eigenvalue weighted by Gasteiger charge is 2.59. The van der Waals surface area contributed by atoms with Crippen LogP contribution in [0.15, 0.2) is 36.4 Å². The summed E-state index contributed by atoms with van der Waals surface area (Å²) in [4.78, 5) is 37.2. The Labute approximate surface area is 139 Å². The Balaban J connectivity index is 2.34. The largest absolute Gasteiger partial charge is 0.468 e. The second-order valence-electron chi connectivity index (χ2n) is 5.76. The SMILES string of the molecule is C=C1CCC(CC(=O)c2ccc(F)cc2)C1(C(=O)OC)C(=O)OC. The molecule has 1 saturated carbocycles. The van der Waals surface area contributed by atoms with Crippen molar-refractivity contribution in [3.05, 3.63) is 47.8 Å². The minimum Gasteiger partial charge on any atom is -0.468 e. The van der Waals surface area contributed by atoms with Crippen molar-refractivity contribution < 1.29 is 28.2 Å². The van der Waals surface area contributed by atoms with E-state index >= 15 is 0 Å². The zero-order valence-electron chi connectivity index (χ0n) is 13.6. The van der Waals surface area contributed by atoms with Crippen molar-refractivity contribution in [3.8, 4) is 0 Å². The van der Waals surface area contributed by atoms with Crippen LogP contribution in [-0.4, -0.2) is 31.9 Å². The second kappa shape index (κ2) is 6.95. The molecule has 2 rings (SSSR count). The number of hydrogen-bond donors (Lipinski definition) is 0. The summed E-state index contributed by atoms with van der Waals surface area (Å²) in [5.74, 6) is -2.88. The highest BCUT2D eigenvalue weighted by Crippen LogP contribution is 2.50.